The monoisotopic (exact) mass is 328 g/mol. The van der Waals surface area contributed by atoms with Crippen molar-refractivity contribution in [3.63, 3.8) is 0 Å². The van der Waals surface area contributed by atoms with Gasteiger partial charge in [0.2, 0.25) is 11.8 Å². The summed E-state index contributed by atoms with van der Waals surface area (Å²) in [4.78, 5) is 25.9. The van der Waals surface area contributed by atoms with E-state index in [-0.39, 0.29) is 18.4 Å². The Morgan fingerprint density at radius 1 is 1.29 bits per heavy atom. The number of carbonyl (C=O) groups is 2. The van der Waals surface area contributed by atoms with Gasteiger partial charge in [0.05, 0.1) is 6.54 Å². The number of carbonyl (C=O) groups excluding carboxylic acids is 2. The van der Waals surface area contributed by atoms with E-state index in [0.29, 0.717) is 24.5 Å². The number of anilines is 1. The predicted molar refractivity (Wildman–Crippen MR) is 87.9 cm³/mol. The van der Waals surface area contributed by atoms with Crippen molar-refractivity contribution in [1.82, 2.24) is 25.1 Å². The molecule has 1 aromatic carbocycles. The SMILES string of the molecule is Cn1nnnc1-c1cccc(NC(=O)CN2CCCCCC2=O)c1. The van der Waals surface area contributed by atoms with Crippen LogP contribution in [0.15, 0.2) is 24.3 Å². The van der Waals surface area contributed by atoms with Gasteiger partial charge in [-0.1, -0.05) is 18.6 Å². The third kappa shape index (κ3) is 3.76. The van der Waals surface area contributed by atoms with Crippen molar-refractivity contribution in [2.75, 3.05) is 18.4 Å². The second kappa shape index (κ2) is 7.20. The van der Waals surface area contributed by atoms with Crippen LogP contribution in [0.2, 0.25) is 0 Å². The smallest absolute Gasteiger partial charge is 0.243 e. The average molecular weight is 328 g/mol. The Hall–Kier alpha value is -2.77. The van der Waals surface area contributed by atoms with Gasteiger partial charge < -0.3 is 10.2 Å². The quantitative estimate of drug-likeness (QED) is 0.911. The van der Waals surface area contributed by atoms with Gasteiger partial charge in [-0.05, 0) is 35.4 Å². The van der Waals surface area contributed by atoms with Crippen LogP contribution in [0.4, 0.5) is 5.69 Å². The second-order valence-corrected chi connectivity index (χ2v) is 5.88. The van der Waals surface area contributed by atoms with Crippen LogP contribution in [0, 0.1) is 0 Å². The van der Waals surface area contributed by atoms with Gasteiger partial charge in [0, 0.05) is 31.3 Å². The first kappa shape index (κ1) is 16.1. The molecular formula is C16H20N6O2. The van der Waals surface area contributed by atoms with Gasteiger partial charge in [0.15, 0.2) is 5.82 Å². The maximum Gasteiger partial charge on any atom is 0.243 e. The molecule has 126 valence electrons. The van der Waals surface area contributed by atoms with E-state index in [9.17, 15) is 9.59 Å². The lowest BCUT2D eigenvalue weighted by atomic mass is 10.2. The van der Waals surface area contributed by atoms with Crippen LogP contribution in [-0.4, -0.2) is 50.0 Å². The number of tetrazole rings is 1. The Kier molecular flexibility index (Phi) is 4.83. The zero-order chi connectivity index (χ0) is 16.9. The lowest BCUT2D eigenvalue weighted by Crippen LogP contribution is -2.37. The normalized spacial score (nSPS) is 15.2. The molecule has 0 saturated carbocycles. The van der Waals surface area contributed by atoms with Crippen LogP contribution >= 0.6 is 0 Å². The maximum absolute atomic E-state index is 12.3. The van der Waals surface area contributed by atoms with Crippen LogP contribution in [0.25, 0.3) is 11.4 Å². The zero-order valence-electron chi connectivity index (χ0n) is 13.6. The fraction of sp³-hybridized carbons (Fsp3) is 0.438. The highest BCUT2D eigenvalue weighted by atomic mass is 16.2. The van der Waals surface area contributed by atoms with E-state index >= 15 is 0 Å². The lowest BCUT2D eigenvalue weighted by molar-refractivity contribution is -0.134. The Morgan fingerprint density at radius 2 is 2.17 bits per heavy atom. The predicted octanol–water partition coefficient (Wildman–Crippen LogP) is 1.22. The molecule has 24 heavy (non-hydrogen) atoms. The van der Waals surface area contributed by atoms with E-state index in [0.717, 1.165) is 24.8 Å². The molecule has 1 N–H and O–H groups in total. The van der Waals surface area contributed by atoms with E-state index in [1.165, 1.54) is 0 Å². The van der Waals surface area contributed by atoms with Gasteiger partial charge in [-0.2, -0.15) is 0 Å². The molecule has 2 heterocycles. The highest BCUT2D eigenvalue weighted by molar-refractivity contribution is 5.95. The number of benzene rings is 1. The average Bonchev–Trinajstić information content (AvgIpc) is 2.89. The highest BCUT2D eigenvalue weighted by Gasteiger charge is 2.19. The van der Waals surface area contributed by atoms with E-state index in [1.807, 2.05) is 18.2 Å². The minimum absolute atomic E-state index is 0.0570. The third-order valence-electron chi connectivity index (χ3n) is 4.03. The number of amides is 2. The molecule has 1 aromatic heterocycles. The summed E-state index contributed by atoms with van der Waals surface area (Å²) in [6.07, 6.45) is 3.43. The standard InChI is InChI=1S/C16H20N6O2/c1-21-16(18-19-20-21)12-6-5-7-13(10-12)17-14(23)11-22-9-4-2-3-8-15(22)24/h5-7,10H,2-4,8-9,11H2,1H3,(H,17,23). The fourth-order valence-corrected chi connectivity index (χ4v) is 2.79. The van der Waals surface area contributed by atoms with Gasteiger partial charge in [-0.15, -0.1) is 5.10 Å². The molecule has 1 saturated heterocycles. The zero-order valence-corrected chi connectivity index (χ0v) is 13.6. The van der Waals surface area contributed by atoms with Gasteiger partial charge >= 0.3 is 0 Å². The number of hydrogen-bond donors (Lipinski definition) is 1. The van der Waals surface area contributed by atoms with Crippen molar-refractivity contribution in [1.29, 1.82) is 0 Å². The minimum atomic E-state index is -0.196. The molecule has 2 aromatic rings. The van der Waals surface area contributed by atoms with Crippen molar-refractivity contribution < 1.29 is 9.59 Å². The number of hydrogen-bond acceptors (Lipinski definition) is 5. The number of likely N-dealkylation sites (tertiary alicyclic amines) is 1. The summed E-state index contributed by atoms with van der Waals surface area (Å²) in [7, 11) is 1.76. The summed E-state index contributed by atoms with van der Waals surface area (Å²) < 4.78 is 1.57. The molecule has 8 nitrogen and oxygen atoms in total. The minimum Gasteiger partial charge on any atom is -0.333 e. The molecule has 0 radical (unpaired) electrons. The summed E-state index contributed by atoms with van der Waals surface area (Å²) in [5.41, 5.74) is 1.47. The Balaban J connectivity index is 1.66. The number of nitrogens with one attached hydrogen (secondary N) is 1. The molecule has 0 unspecified atom stereocenters. The molecule has 1 aliphatic rings. The summed E-state index contributed by atoms with van der Waals surface area (Å²) in [5.74, 6) is 0.480. The van der Waals surface area contributed by atoms with Crippen LogP contribution in [0.5, 0.6) is 0 Å². The van der Waals surface area contributed by atoms with E-state index in [4.69, 9.17) is 0 Å². The van der Waals surface area contributed by atoms with Gasteiger partial charge in [-0.25, -0.2) is 4.68 Å². The molecule has 3 rings (SSSR count). The summed E-state index contributed by atoms with van der Waals surface area (Å²) in [6.45, 7) is 0.742. The molecule has 0 aliphatic carbocycles. The Labute approximate surface area is 139 Å². The third-order valence-corrected chi connectivity index (χ3v) is 4.03. The molecule has 1 fully saturated rings. The Bertz CT molecular complexity index is 742. The first-order valence-electron chi connectivity index (χ1n) is 8.04. The van der Waals surface area contributed by atoms with Crippen LogP contribution in [-0.2, 0) is 16.6 Å². The molecule has 0 bridgehead atoms. The molecule has 8 heteroatoms. The summed E-state index contributed by atoms with van der Waals surface area (Å²) in [6, 6.07) is 7.32. The largest absolute Gasteiger partial charge is 0.333 e. The van der Waals surface area contributed by atoms with Gasteiger partial charge in [0.25, 0.3) is 0 Å². The molecule has 0 spiro atoms. The fourth-order valence-electron chi connectivity index (χ4n) is 2.79. The molecule has 0 atom stereocenters. The molecular weight excluding hydrogens is 308 g/mol. The number of aryl methyl sites for hydroxylation is 1. The summed E-state index contributed by atoms with van der Waals surface area (Å²) >= 11 is 0. The van der Waals surface area contributed by atoms with Gasteiger partial charge in [0.1, 0.15) is 0 Å². The number of aromatic nitrogens is 4. The molecule has 1 aliphatic heterocycles. The first-order chi connectivity index (χ1) is 11.6. The topological polar surface area (TPSA) is 93.0 Å². The highest BCUT2D eigenvalue weighted by Crippen LogP contribution is 2.19. The van der Waals surface area contributed by atoms with Crippen molar-refractivity contribution in [3.8, 4) is 11.4 Å². The van der Waals surface area contributed by atoms with Crippen molar-refractivity contribution in [2.24, 2.45) is 7.05 Å². The maximum atomic E-state index is 12.3. The second-order valence-electron chi connectivity index (χ2n) is 5.88. The van der Waals surface area contributed by atoms with Crippen LogP contribution in [0.1, 0.15) is 25.7 Å². The van der Waals surface area contributed by atoms with Crippen LogP contribution in [0.3, 0.4) is 0 Å². The molecule has 2 amide bonds. The summed E-state index contributed by atoms with van der Waals surface area (Å²) in [5, 5.41) is 14.2. The van der Waals surface area contributed by atoms with E-state index < -0.39 is 0 Å². The van der Waals surface area contributed by atoms with Crippen molar-refractivity contribution >= 4 is 17.5 Å². The van der Waals surface area contributed by atoms with Crippen molar-refractivity contribution in [2.45, 2.75) is 25.7 Å². The van der Waals surface area contributed by atoms with Crippen LogP contribution < -0.4 is 5.32 Å². The van der Waals surface area contributed by atoms with Crippen molar-refractivity contribution in [3.05, 3.63) is 24.3 Å². The number of rotatable bonds is 4. The Morgan fingerprint density at radius 3 is 2.96 bits per heavy atom. The van der Waals surface area contributed by atoms with E-state index in [2.05, 4.69) is 20.8 Å². The first-order valence-corrected chi connectivity index (χ1v) is 8.04. The van der Waals surface area contributed by atoms with E-state index in [1.54, 1.807) is 22.7 Å². The van der Waals surface area contributed by atoms with Gasteiger partial charge in [-0.3, -0.25) is 9.59 Å². The lowest BCUT2D eigenvalue weighted by Gasteiger charge is -2.19. The number of nitrogens with zero attached hydrogens (tertiary/aromatic N) is 5.